The third-order valence-electron chi connectivity index (χ3n) is 3.51. The fourth-order valence-corrected chi connectivity index (χ4v) is 2.58. The fourth-order valence-electron chi connectivity index (χ4n) is 2.42. The lowest BCUT2D eigenvalue weighted by atomic mass is 9.91. The van der Waals surface area contributed by atoms with E-state index in [1.54, 1.807) is 12.1 Å². The Bertz CT molecular complexity index is 628. The summed E-state index contributed by atoms with van der Waals surface area (Å²) in [6, 6.07) is 8.79. The summed E-state index contributed by atoms with van der Waals surface area (Å²) >= 11 is 5.75. The van der Waals surface area contributed by atoms with Gasteiger partial charge in [-0.25, -0.2) is 0 Å². The maximum absolute atomic E-state index is 10.4. The summed E-state index contributed by atoms with van der Waals surface area (Å²) in [6.45, 7) is 1.32. The molecular weight excluding hydrogens is 294 g/mol. The molecule has 2 aromatic rings. The van der Waals surface area contributed by atoms with Crippen LogP contribution in [0.15, 0.2) is 34.7 Å². The van der Waals surface area contributed by atoms with Crippen molar-refractivity contribution < 1.29 is 19.0 Å². The highest BCUT2D eigenvalue weighted by Crippen LogP contribution is 2.37. The molecule has 3 rings (SSSR count). The van der Waals surface area contributed by atoms with Gasteiger partial charge in [-0.3, -0.25) is 0 Å². The summed E-state index contributed by atoms with van der Waals surface area (Å²) in [6.07, 6.45) is -0.870. The summed E-state index contributed by atoms with van der Waals surface area (Å²) in [5, 5.41) is 10.7. The average molecular weight is 310 g/mol. The molecule has 1 aromatic heterocycles. The Morgan fingerprint density at radius 2 is 1.90 bits per heavy atom. The van der Waals surface area contributed by atoms with Gasteiger partial charge >= 0.3 is 0 Å². The Hall–Kier alpha value is -1.69. The second-order valence-electron chi connectivity index (χ2n) is 4.83. The number of fused-ring (bicyclic) bond motifs is 1. The third-order valence-corrected chi connectivity index (χ3v) is 3.72. The van der Waals surface area contributed by atoms with Crippen molar-refractivity contribution in [2.45, 2.75) is 12.0 Å². The molecule has 21 heavy (non-hydrogen) atoms. The van der Waals surface area contributed by atoms with Gasteiger partial charge in [0.05, 0.1) is 0 Å². The Morgan fingerprint density at radius 3 is 2.57 bits per heavy atom. The summed E-state index contributed by atoms with van der Waals surface area (Å²) in [7, 11) is 0. The molecule has 0 radical (unpaired) electrons. The first-order valence-electron chi connectivity index (χ1n) is 6.72. The lowest BCUT2D eigenvalue weighted by Crippen LogP contribution is -2.21. The molecule has 2 unspecified atom stereocenters. The molecular formula is C15H16ClNO4. The van der Waals surface area contributed by atoms with Crippen LogP contribution in [-0.4, -0.2) is 24.9 Å². The summed E-state index contributed by atoms with van der Waals surface area (Å²) in [4.78, 5) is 0. The van der Waals surface area contributed by atoms with E-state index in [4.69, 9.17) is 31.2 Å². The molecule has 0 aliphatic carbocycles. The molecule has 3 N–H and O–H groups in total. The largest absolute Gasteiger partial charge is 0.486 e. The van der Waals surface area contributed by atoms with Crippen molar-refractivity contribution in [1.29, 1.82) is 0 Å². The zero-order valence-corrected chi connectivity index (χ0v) is 12.0. The van der Waals surface area contributed by atoms with Crippen molar-refractivity contribution in [1.82, 2.24) is 0 Å². The standard InChI is InChI=1S/C15H16ClNO4/c16-14-4-3-12(21-14)15(18)10(8-17)9-1-2-11-13(7-9)20-6-5-19-11/h1-4,7,10,15,18H,5-6,8,17H2. The predicted molar refractivity (Wildman–Crippen MR) is 77.9 cm³/mol. The average Bonchev–Trinajstić information content (AvgIpc) is 2.94. The summed E-state index contributed by atoms with van der Waals surface area (Å²) < 4.78 is 16.3. The van der Waals surface area contributed by atoms with E-state index in [1.807, 2.05) is 18.2 Å². The molecule has 2 atom stereocenters. The van der Waals surface area contributed by atoms with Crippen LogP contribution in [0.2, 0.25) is 5.22 Å². The van der Waals surface area contributed by atoms with Gasteiger partial charge < -0.3 is 24.7 Å². The minimum absolute atomic E-state index is 0.238. The van der Waals surface area contributed by atoms with E-state index in [9.17, 15) is 5.11 Å². The van der Waals surface area contributed by atoms with Crippen LogP contribution in [0.5, 0.6) is 11.5 Å². The van der Waals surface area contributed by atoms with Crippen molar-refractivity contribution in [3.8, 4) is 11.5 Å². The maximum atomic E-state index is 10.4. The van der Waals surface area contributed by atoms with Crippen LogP contribution in [0.25, 0.3) is 0 Å². The Labute approximate surface area is 127 Å². The number of hydrogen-bond donors (Lipinski definition) is 2. The van der Waals surface area contributed by atoms with Crippen molar-refractivity contribution in [3.63, 3.8) is 0 Å². The maximum Gasteiger partial charge on any atom is 0.193 e. The fraction of sp³-hybridized carbons (Fsp3) is 0.333. The van der Waals surface area contributed by atoms with E-state index in [2.05, 4.69) is 0 Å². The predicted octanol–water partition coefficient (Wildman–Crippen LogP) is 2.48. The first-order valence-corrected chi connectivity index (χ1v) is 7.09. The minimum atomic E-state index is -0.870. The first-order chi connectivity index (χ1) is 10.2. The minimum Gasteiger partial charge on any atom is -0.486 e. The highest BCUT2D eigenvalue weighted by Gasteiger charge is 2.26. The lowest BCUT2D eigenvalue weighted by molar-refractivity contribution is 0.121. The number of hydrogen-bond acceptors (Lipinski definition) is 5. The topological polar surface area (TPSA) is 77.9 Å². The number of rotatable bonds is 4. The van der Waals surface area contributed by atoms with Crippen LogP contribution in [0.3, 0.4) is 0 Å². The first kappa shape index (κ1) is 14.3. The van der Waals surface area contributed by atoms with Crippen molar-refractivity contribution in [2.75, 3.05) is 19.8 Å². The molecule has 1 aliphatic rings. The van der Waals surface area contributed by atoms with Crippen LogP contribution < -0.4 is 15.2 Å². The molecule has 0 saturated heterocycles. The van der Waals surface area contributed by atoms with Crippen LogP contribution in [0.1, 0.15) is 23.3 Å². The zero-order valence-electron chi connectivity index (χ0n) is 11.3. The molecule has 1 aromatic carbocycles. The quantitative estimate of drug-likeness (QED) is 0.907. The zero-order chi connectivity index (χ0) is 14.8. The number of benzene rings is 1. The lowest BCUT2D eigenvalue weighted by Gasteiger charge is -2.23. The summed E-state index contributed by atoms with van der Waals surface area (Å²) in [5.41, 5.74) is 6.68. The highest BCUT2D eigenvalue weighted by molar-refractivity contribution is 6.28. The number of halogens is 1. The number of aliphatic hydroxyl groups excluding tert-OH is 1. The molecule has 0 amide bonds. The van der Waals surface area contributed by atoms with E-state index < -0.39 is 6.10 Å². The van der Waals surface area contributed by atoms with Crippen molar-refractivity contribution in [3.05, 3.63) is 46.9 Å². The summed E-state index contributed by atoms with van der Waals surface area (Å²) in [5.74, 6) is 1.45. The molecule has 0 fully saturated rings. The van der Waals surface area contributed by atoms with Gasteiger partial charge in [0.2, 0.25) is 0 Å². The SMILES string of the molecule is NCC(c1ccc2c(c1)OCCO2)C(O)c1ccc(Cl)o1. The van der Waals surface area contributed by atoms with E-state index in [1.165, 1.54) is 0 Å². The van der Waals surface area contributed by atoms with E-state index >= 15 is 0 Å². The molecule has 112 valence electrons. The normalized spacial score (nSPS) is 16.5. The Morgan fingerprint density at radius 1 is 1.14 bits per heavy atom. The molecule has 2 heterocycles. The van der Waals surface area contributed by atoms with Crippen molar-refractivity contribution >= 4 is 11.6 Å². The molecule has 1 aliphatic heterocycles. The van der Waals surface area contributed by atoms with E-state index in [-0.39, 0.29) is 17.7 Å². The van der Waals surface area contributed by atoms with Crippen LogP contribution >= 0.6 is 11.6 Å². The van der Waals surface area contributed by atoms with E-state index in [0.717, 1.165) is 5.56 Å². The molecule has 0 spiro atoms. The number of nitrogens with two attached hydrogens (primary N) is 1. The van der Waals surface area contributed by atoms with Gasteiger partial charge in [0.25, 0.3) is 0 Å². The second kappa shape index (κ2) is 5.97. The number of aliphatic hydroxyl groups is 1. The van der Waals surface area contributed by atoms with Crippen LogP contribution in [-0.2, 0) is 0 Å². The Balaban J connectivity index is 1.89. The monoisotopic (exact) mass is 309 g/mol. The molecule has 6 heteroatoms. The molecule has 5 nitrogen and oxygen atoms in total. The third kappa shape index (κ3) is 2.85. The van der Waals surface area contributed by atoms with Gasteiger partial charge in [0.1, 0.15) is 25.1 Å². The molecule has 0 saturated carbocycles. The van der Waals surface area contributed by atoms with Crippen LogP contribution in [0, 0.1) is 0 Å². The smallest absolute Gasteiger partial charge is 0.193 e. The number of ether oxygens (including phenoxy) is 2. The second-order valence-corrected chi connectivity index (χ2v) is 5.20. The Kier molecular flexibility index (Phi) is 4.05. The van der Waals surface area contributed by atoms with Crippen molar-refractivity contribution in [2.24, 2.45) is 5.73 Å². The van der Waals surface area contributed by atoms with Gasteiger partial charge in [-0.15, -0.1) is 0 Å². The van der Waals surface area contributed by atoms with Gasteiger partial charge in [0, 0.05) is 12.5 Å². The van der Waals surface area contributed by atoms with Gasteiger partial charge in [-0.2, -0.15) is 0 Å². The number of furan rings is 1. The highest BCUT2D eigenvalue weighted by atomic mass is 35.5. The van der Waals surface area contributed by atoms with Gasteiger partial charge in [0.15, 0.2) is 16.7 Å². The van der Waals surface area contributed by atoms with Gasteiger partial charge in [-0.1, -0.05) is 6.07 Å². The van der Waals surface area contributed by atoms with Gasteiger partial charge in [-0.05, 0) is 41.4 Å². The van der Waals surface area contributed by atoms with E-state index in [0.29, 0.717) is 30.5 Å². The van der Waals surface area contributed by atoms with Crippen LogP contribution in [0.4, 0.5) is 0 Å². The molecule has 0 bridgehead atoms.